The molecule has 2 nitrogen and oxygen atoms in total. The lowest BCUT2D eigenvalue weighted by Crippen LogP contribution is -1.86. The summed E-state index contributed by atoms with van der Waals surface area (Å²) in [5.74, 6) is 0.237. The molecule has 1 N–H and O–H groups in total. The fraction of sp³-hybridized carbons (Fsp3) is 0.0556. The first-order chi connectivity index (χ1) is 10.1. The maximum Gasteiger partial charge on any atom is 0.124 e. The third-order valence-electron chi connectivity index (χ3n) is 3.38. The molecule has 0 atom stereocenters. The van der Waals surface area contributed by atoms with Gasteiger partial charge in [-0.25, -0.2) is 0 Å². The number of fused-ring (bicyclic) bond motifs is 1. The van der Waals surface area contributed by atoms with E-state index in [2.05, 4.69) is 20.9 Å². The Kier molecular flexibility index (Phi) is 3.76. The molecule has 3 rings (SSSR count). The third-order valence-corrected chi connectivity index (χ3v) is 4.02. The summed E-state index contributed by atoms with van der Waals surface area (Å²) in [6.45, 7) is 2.04. The number of aliphatic imine (C=N–C) groups is 1. The zero-order valence-electron chi connectivity index (χ0n) is 11.5. The van der Waals surface area contributed by atoms with E-state index in [0.29, 0.717) is 0 Å². The maximum absolute atomic E-state index is 10.1. The highest BCUT2D eigenvalue weighted by Crippen LogP contribution is 2.29. The smallest absolute Gasteiger partial charge is 0.124 e. The molecule has 0 unspecified atom stereocenters. The molecule has 0 radical (unpaired) electrons. The fourth-order valence-electron chi connectivity index (χ4n) is 2.27. The molecule has 104 valence electrons. The predicted octanol–water partition coefficient (Wildman–Crippen LogP) is 5.37. The Bertz CT molecular complexity index is 840. The minimum atomic E-state index is 0.237. The summed E-state index contributed by atoms with van der Waals surface area (Å²) in [4.78, 5) is 4.50. The second-order valence-electron chi connectivity index (χ2n) is 4.93. The lowest BCUT2D eigenvalue weighted by molar-refractivity contribution is 0.475. The zero-order valence-corrected chi connectivity index (χ0v) is 13.1. The van der Waals surface area contributed by atoms with Crippen molar-refractivity contribution in [3.63, 3.8) is 0 Å². The van der Waals surface area contributed by atoms with Gasteiger partial charge in [0, 0.05) is 16.3 Å². The summed E-state index contributed by atoms with van der Waals surface area (Å²) in [6, 6.07) is 17.6. The lowest BCUT2D eigenvalue weighted by atomic mass is 10.0. The Morgan fingerprint density at radius 2 is 1.86 bits per heavy atom. The molecule has 0 aromatic heterocycles. The summed E-state index contributed by atoms with van der Waals surface area (Å²) in [5, 5.41) is 12.2. The van der Waals surface area contributed by atoms with Crippen LogP contribution in [0.4, 0.5) is 5.69 Å². The molecule has 0 spiro atoms. The van der Waals surface area contributed by atoms with E-state index in [0.717, 1.165) is 26.5 Å². The number of halogens is 1. The van der Waals surface area contributed by atoms with Gasteiger partial charge in [-0.05, 0) is 57.4 Å². The van der Waals surface area contributed by atoms with Crippen LogP contribution in [0, 0.1) is 6.92 Å². The molecule has 0 saturated heterocycles. The number of hydrogen-bond acceptors (Lipinski definition) is 2. The number of rotatable bonds is 2. The maximum atomic E-state index is 10.1. The topological polar surface area (TPSA) is 32.6 Å². The van der Waals surface area contributed by atoms with Crippen LogP contribution in [0.3, 0.4) is 0 Å². The number of nitrogens with zero attached hydrogens (tertiary/aromatic N) is 1. The van der Waals surface area contributed by atoms with E-state index in [9.17, 15) is 5.11 Å². The summed E-state index contributed by atoms with van der Waals surface area (Å²) in [7, 11) is 0. The van der Waals surface area contributed by atoms with E-state index in [-0.39, 0.29) is 5.75 Å². The second-order valence-corrected chi connectivity index (χ2v) is 5.79. The molecular weight excluding hydrogens is 326 g/mol. The van der Waals surface area contributed by atoms with Crippen molar-refractivity contribution in [1.82, 2.24) is 0 Å². The minimum Gasteiger partial charge on any atom is -0.507 e. The molecule has 3 heteroatoms. The molecule has 0 heterocycles. The molecule has 21 heavy (non-hydrogen) atoms. The van der Waals surface area contributed by atoms with Gasteiger partial charge in [-0.1, -0.05) is 36.4 Å². The van der Waals surface area contributed by atoms with Crippen LogP contribution in [0.2, 0.25) is 0 Å². The highest BCUT2D eigenvalue weighted by Gasteiger charge is 2.05. The summed E-state index contributed by atoms with van der Waals surface area (Å²) >= 11 is 3.51. The van der Waals surface area contributed by atoms with Crippen LogP contribution in [0.5, 0.6) is 5.75 Å². The second kappa shape index (κ2) is 5.70. The first-order valence-electron chi connectivity index (χ1n) is 6.66. The number of phenolic OH excluding ortho intramolecular Hbond substituents is 1. The van der Waals surface area contributed by atoms with Crippen molar-refractivity contribution >= 4 is 38.6 Å². The van der Waals surface area contributed by atoms with Crippen LogP contribution in [0.25, 0.3) is 10.8 Å². The van der Waals surface area contributed by atoms with E-state index in [4.69, 9.17) is 0 Å². The summed E-state index contributed by atoms with van der Waals surface area (Å²) in [6.07, 6.45) is 1.72. The van der Waals surface area contributed by atoms with Crippen LogP contribution in [-0.4, -0.2) is 11.3 Å². The molecule has 0 bridgehead atoms. The third kappa shape index (κ3) is 2.83. The lowest BCUT2D eigenvalue weighted by Gasteiger charge is -2.05. The zero-order chi connectivity index (χ0) is 14.8. The minimum absolute atomic E-state index is 0.237. The SMILES string of the molecule is Cc1ccc(N=Cc2c(O)ccc3ccccc23)c(Br)c1. The van der Waals surface area contributed by atoms with Crippen LogP contribution in [-0.2, 0) is 0 Å². The van der Waals surface area contributed by atoms with Crippen molar-refractivity contribution in [3.05, 3.63) is 70.2 Å². The van der Waals surface area contributed by atoms with Crippen LogP contribution in [0.1, 0.15) is 11.1 Å². The molecule has 0 fully saturated rings. The Balaban J connectivity index is 2.09. The van der Waals surface area contributed by atoms with E-state index in [1.54, 1.807) is 12.3 Å². The van der Waals surface area contributed by atoms with Gasteiger partial charge in [-0.3, -0.25) is 4.99 Å². The van der Waals surface area contributed by atoms with Crippen molar-refractivity contribution in [1.29, 1.82) is 0 Å². The van der Waals surface area contributed by atoms with Gasteiger partial charge >= 0.3 is 0 Å². The van der Waals surface area contributed by atoms with E-state index < -0.39 is 0 Å². The van der Waals surface area contributed by atoms with Gasteiger partial charge in [0.25, 0.3) is 0 Å². The Hall–Kier alpha value is -2.13. The molecule has 0 amide bonds. The first-order valence-corrected chi connectivity index (χ1v) is 7.45. The summed E-state index contributed by atoms with van der Waals surface area (Å²) in [5.41, 5.74) is 2.75. The standard InChI is InChI=1S/C18H14BrNO/c1-12-6-8-17(16(19)10-12)20-11-15-14-5-3-2-4-13(14)7-9-18(15)21/h2-11,21H,1H3. The molecule has 0 aliphatic carbocycles. The highest BCUT2D eigenvalue weighted by atomic mass is 79.9. The number of aryl methyl sites for hydroxylation is 1. The van der Waals surface area contributed by atoms with Gasteiger partial charge in [0.1, 0.15) is 5.75 Å². The van der Waals surface area contributed by atoms with Gasteiger partial charge in [-0.15, -0.1) is 0 Å². The van der Waals surface area contributed by atoms with E-state index in [1.165, 1.54) is 5.56 Å². The van der Waals surface area contributed by atoms with Crippen LogP contribution in [0.15, 0.2) is 64.1 Å². The Labute approximate surface area is 131 Å². The number of aromatic hydroxyl groups is 1. The molecule has 0 aliphatic rings. The van der Waals surface area contributed by atoms with Gasteiger partial charge in [0.05, 0.1) is 5.69 Å². The van der Waals surface area contributed by atoms with Gasteiger partial charge in [0.2, 0.25) is 0 Å². The van der Waals surface area contributed by atoms with Gasteiger partial charge in [0.15, 0.2) is 0 Å². The van der Waals surface area contributed by atoms with Crippen molar-refractivity contribution < 1.29 is 5.11 Å². The first kappa shape index (κ1) is 13.8. The quantitative estimate of drug-likeness (QED) is 0.625. The molecular formula is C18H14BrNO. The van der Waals surface area contributed by atoms with Gasteiger partial charge in [-0.2, -0.15) is 0 Å². The van der Waals surface area contributed by atoms with Crippen LogP contribution < -0.4 is 0 Å². The van der Waals surface area contributed by atoms with Crippen molar-refractivity contribution in [2.24, 2.45) is 4.99 Å². The molecule has 3 aromatic carbocycles. The largest absolute Gasteiger partial charge is 0.507 e. The number of phenols is 1. The highest BCUT2D eigenvalue weighted by molar-refractivity contribution is 9.10. The molecule has 0 aliphatic heterocycles. The number of hydrogen-bond donors (Lipinski definition) is 1. The molecule has 0 saturated carbocycles. The average molecular weight is 340 g/mol. The Morgan fingerprint density at radius 3 is 2.67 bits per heavy atom. The average Bonchev–Trinajstić information content (AvgIpc) is 2.48. The van der Waals surface area contributed by atoms with Gasteiger partial charge < -0.3 is 5.11 Å². The predicted molar refractivity (Wildman–Crippen MR) is 91.7 cm³/mol. The Morgan fingerprint density at radius 1 is 1.05 bits per heavy atom. The van der Waals surface area contributed by atoms with E-state index in [1.807, 2.05) is 55.5 Å². The van der Waals surface area contributed by atoms with Crippen molar-refractivity contribution in [3.8, 4) is 5.75 Å². The molecule has 3 aromatic rings. The van der Waals surface area contributed by atoms with E-state index >= 15 is 0 Å². The van der Waals surface area contributed by atoms with Crippen molar-refractivity contribution in [2.45, 2.75) is 6.92 Å². The number of benzene rings is 3. The van der Waals surface area contributed by atoms with Crippen LogP contribution >= 0.6 is 15.9 Å². The van der Waals surface area contributed by atoms with Crippen molar-refractivity contribution in [2.75, 3.05) is 0 Å². The fourth-order valence-corrected chi connectivity index (χ4v) is 2.87. The monoisotopic (exact) mass is 339 g/mol. The normalized spacial score (nSPS) is 11.3. The summed E-state index contributed by atoms with van der Waals surface area (Å²) < 4.78 is 0.943.